The van der Waals surface area contributed by atoms with Crippen molar-refractivity contribution in [3.8, 4) is 11.3 Å². The maximum Gasteiger partial charge on any atom is 0.151 e. The van der Waals surface area contributed by atoms with Gasteiger partial charge in [0.05, 0.1) is 10.2 Å². The first kappa shape index (κ1) is 11.9. The van der Waals surface area contributed by atoms with Gasteiger partial charge in [0.1, 0.15) is 5.82 Å². The number of benzene rings is 1. The molecule has 90 valence electrons. The third-order valence-electron chi connectivity index (χ3n) is 2.64. The largest absolute Gasteiger partial charge is 0.306 e. The van der Waals surface area contributed by atoms with E-state index < -0.39 is 0 Å². The Morgan fingerprint density at radius 2 is 2.00 bits per heavy atom. The lowest BCUT2D eigenvalue weighted by molar-refractivity contribution is 0.630. The first-order valence-corrected chi connectivity index (χ1v) is 6.82. The third kappa shape index (κ3) is 1.97. The van der Waals surface area contributed by atoms with E-state index in [1.54, 1.807) is 12.1 Å². The molecular weight excluding hydrogens is 363 g/mol. The summed E-state index contributed by atoms with van der Waals surface area (Å²) in [7, 11) is 0. The Labute approximate surface area is 120 Å². The van der Waals surface area contributed by atoms with Gasteiger partial charge in [-0.05, 0) is 46.3 Å². The fourth-order valence-corrected chi connectivity index (χ4v) is 2.58. The smallest absolute Gasteiger partial charge is 0.151 e. The third-order valence-corrected chi connectivity index (χ3v) is 3.75. The number of rotatable bonds is 1. The fraction of sp³-hybridized carbons (Fsp3) is 0. The highest BCUT2D eigenvalue weighted by Crippen LogP contribution is 2.27. The lowest BCUT2D eigenvalue weighted by atomic mass is 10.1. The molecule has 0 atom stereocenters. The first-order chi connectivity index (χ1) is 8.65. The molecule has 3 aromatic rings. The summed E-state index contributed by atoms with van der Waals surface area (Å²) in [5.41, 5.74) is 1.88. The lowest BCUT2D eigenvalue weighted by Crippen LogP contribution is -1.83. The summed E-state index contributed by atoms with van der Waals surface area (Å²) in [6.07, 6.45) is 3.69. The number of halogens is 3. The van der Waals surface area contributed by atoms with Crippen molar-refractivity contribution in [3.63, 3.8) is 0 Å². The molecule has 0 N–H and O–H groups in total. The Bertz CT molecular complexity index is 737. The summed E-state index contributed by atoms with van der Waals surface area (Å²) >= 11 is 6.67. The summed E-state index contributed by atoms with van der Waals surface area (Å²) in [4.78, 5) is 4.43. The predicted octanol–water partition coefficient (Wildman–Crippen LogP) is 4.67. The second-order valence-corrected chi connectivity index (χ2v) is 5.61. The van der Waals surface area contributed by atoms with Crippen LogP contribution in [0, 0.1) is 5.82 Å². The van der Waals surface area contributed by atoms with Crippen LogP contribution in [0.2, 0.25) is 0 Å². The Kier molecular flexibility index (Phi) is 2.95. The molecule has 18 heavy (non-hydrogen) atoms. The van der Waals surface area contributed by atoms with Crippen molar-refractivity contribution in [2.45, 2.75) is 0 Å². The highest BCUT2D eigenvalue weighted by molar-refractivity contribution is 9.10. The Morgan fingerprint density at radius 1 is 1.17 bits per heavy atom. The van der Waals surface area contributed by atoms with E-state index in [9.17, 15) is 4.39 Å². The van der Waals surface area contributed by atoms with Crippen LogP contribution in [0.1, 0.15) is 0 Å². The second kappa shape index (κ2) is 4.48. The minimum Gasteiger partial charge on any atom is -0.306 e. The van der Waals surface area contributed by atoms with Crippen LogP contribution in [0.3, 0.4) is 0 Å². The average Bonchev–Trinajstić information content (AvgIpc) is 2.74. The molecule has 0 radical (unpaired) electrons. The molecule has 5 heteroatoms. The Morgan fingerprint density at radius 3 is 2.72 bits per heavy atom. The van der Waals surface area contributed by atoms with Crippen LogP contribution in [-0.4, -0.2) is 9.38 Å². The van der Waals surface area contributed by atoms with Gasteiger partial charge in [-0.2, -0.15) is 0 Å². The molecule has 0 aliphatic carbocycles. The molecule has 0 bridgehead atoms. The molecule has 0 saturated heterocycles. The normalized spacial score (nSPS) is 11.1. The number of nitrogens with zero attached hydrogens (tertiary/aromatic N) is 2. The summed E-state index contributed by atoms with van der Waals surface area (Å²) in [5, 5.41) is 0. The van der Waals surface area contributed by atoms with Crippen LogP contribution < -0.4 is 0 Å². The minimum atomic E-state index is -0.288. The molecule has 1 aromatic carbocycles. The number of hydrogen-bond acceptors (Lipinski definition) is 1. The van der Waals surface area contributed by atoms with Gasteiger partial charge in [-0.25, -0.2) is 9.37 Å². The number of imidazole rings is 1. The number of fused-ring (bicyclic) bond motifs is 1. The zero-order valence-electron chi connectivity index (χ0n) is 9.07. The highest BCUT2D eigenvalue weighted by Gasteiger charge is 2.10. The van der Waals surface area contributed by atoms with Gasteiger partial charge in [-0.15, -0.1) is 0 Å². The van der Waals surface area contributed by atoms with Gasteiger partial charge >= 0.3 is 0 Å². The van der Waals surface area contributed by atoms with Crippen molar-refractivity contribution in [1.82, 2.24) is 9.38 Å². The topological polar surface area (TPSA) is 17.3 Å². The van der Waals surface area contributed by atoms with Gasteiger partial charge in [-0.1, -0.05) is 15.9 Å². The number of pyridine rings is 1. The molecule has 2 nitrogen and oxygen atoms in total. The van der Waals surface area contributed by atoms with E-state index in [4.69, 9.17) is 0 Å². The van der Waals surface area contributed by atoms with Crippen molar-refractivity contribution >= 4 is 37.5 Å². The van der Waals surface area contributed by atoms with Crippen LogP contribution in [-0.2, 0) is 0 Å². The molecule has 0 unspecified atom stereocenters. The lowest BCUT2D eigenvalue weighted by Gasteiger charge is -1.98. The fourth-order valence-electron chi connectivity index (χ4n) is 1.81. The molecule has 0 aliphatic rings. The summed E-state index contributed by atoms with van der Waals surface area (Å²) in [6.45, 7) is 0. The molecule has 0 aliphatic heterocycles. The van der Waals surface area contributed by atoms with Gasteiger partial charge < -0.3 is 4.40 Å². The SMILES string of the molecule is Fc1cc(Br)ccc1-c1cn2cccc(Br)c2n1. The van der Waals surface area contributed by atoms with E-state index in [1.807, 2.05) is 28.9 Å². The van der Waals surface area contributed by atoms with E-state index in [0.29, 0.717) is 15.7 Å². The van der Waals surface area contributed by atoms with E-state index >= 15 is 0 Å². The molecule has 0 amide bonds. The van der Waals surface area contributed by atoms with Gasteiger partial charge in [0, 0.05) is 22.4 Å². The van der Waals surface area contributed by atoms with Crippen LogP contribution in [0.25, 0.3) is 16.9 Å². The monoisotopic (exact) mass is 368 g/mol. The molecule has 2 aromatic heterocycles. The minimum absolute atomic E-state index is 0.288. The Hall–Kier alpha value is -1.20. The van der Waals surface area contributed by atoms with Crippen LogP contribution >= 0.6 is 31.9 Å². The molecule has 0 spiro atoms. The second-order valence-electron chi connectivity index (χ2n) is 3.84. The summed E-state index contributed by atoms with van der Waals surface area (Å²) < 4.78 is 17.3. The predicted molar refractivity (Wildman–Crippen MR) is 76.0 cm³/mol. The average molecular weight is 370 g/mol. The number of aromatic nitrogens is 2. The van der Waals surface area contributed by atoms with Crippen molar-refractivity contribution in [1.29, 1.82) is 0 Å². The number of hydrogen-bond donors (Lipinski definition) is 0. The maximum absolute atomic E-state index is 13.9. The molecular formula is C13H7Br2FN2. The Balaban J connectivity index is 2.23. The maximum atomic E-state index is 13.9. The van der Waals surface area contributed by atoms with Crippen molar-refractivity contribution < 1.29 is 4.39 Å². The molecule has 0 saturated carbocycles. The highest BCUT2D eigenvalue weighted by atomic mass is 79.9. The van der Waals surface area contributed by atoms with Gasteiger partial charge in [0.2, 0.25) is 0 Å². The molecule has 2 heterocycles. The summed E-state index contributed by atoms with van der Waals surface area (Å²) in [5.74, 6) is -0.288. The van der Waals surface area contributed by atoms with Crippen LogP contribution in [0.5, 0.6) is 0 Å². The molecule has 3 rings (SSSR count). The quantitative estimate of drug-likeness (QED) is 0.609. The van der Waals surface area contributed by atoms with E-state index in [2.05, 4.69) is 36.8 Å². The van der Waals surface area contributed by atoms with Gasteiger partial charge in [0.25, 0.3) is 0 Å². The first-order valence-electron chi connectivity index (χ1n) is 5.24. The van der Waals surface area contributed by atoms with Gasteiger partial charge in [-0.3, -0.25) is 0 Å². The van der Waals surface area contributed by atoms with E-state index in [1.165, 1.54) is 6.07 Å². The summed E-state index contributed by atoms with van der Waals surface area (Å²) in [6, 6.07) is 8.77. The van der Waals surface area contributed by atoms with Crippen molar-refractivity contribution in [2.75, 3.05) is 0 Å². The zero-order chi connectivity index (χ0) is 12.7. The van der Waals surface area contributed by atoms with E-state index in [-0.39, 0.29) is 5.82 Å². The van der Waals surface area contributed by atoms with Crippen molar-refractivity contribution in [3.05, 3.63) is 57.5 Å². The van der Waals surface area contributed by atoms with Crippen molar-refractivity contribution in [2.24, 2.45) is 0 Å². The van der Waals surface area contributed by atoms with E-state index in [0.717, 1.165) is 10.1 Å². The zero-order valence-corrected chi connectivity index (χ0v) is 12.2. The van der Waals surface area contributed by atoms with Crippen LogP contribution in [0.15, 0.2) is 51.7 Å². The molecule has 0 fully saturated rings. The van der Waals surface area contributed by atoms with Gasteiger partial charge in [0.15, 0.2) is 5.65 Å². The standard InChI is InChI=1S/C13H7Br2FN2/c14-8-3-4-9(11(16)6-8)12-7-18-5-1-2-10(15)13(18)17-12/h1-7H. The van der Waals surface area contributed by atoms with Crippen LogP contribution in [0.4, 0.5) is 4.39 Å².